The van der Waals surface area contributed by atoms with Gasteiger partial charge in [0, 0.05) is 29.4 Å². The van der Waals surface area contributed by atoms with Gasteiger partial charge in [-0.15, -0.1) is 0 Å². The van der Waals surface area contributed by atoms with Crippen LogP contribution in [0.4, 0.5) is 5.69 Å². The fraction of sp³-hybridized carbons (Fsp3) is 0.263. The lowest BCUT2D eigenvalue weighted by atomic mass is 10.1. The van der Waals surface area contributed by atoms with Gasteiger partial charge in [-0.3, -0.25) is 19.8 Å². The summed E-state index contributed by atoms with van der Waals surface area (Å²) >= 11 is 1.25. The normalized spacial score (nSPS) is 11.5. The number of aryl methyl sites for hydroxylation is 1. The number of hydrogen-bond acceptors (Lipinski definition) is 7. The molecular formula is C19H25N5O3S. The molecule has 0 spiro atoms. The number of carbonyl (C=O) groups is 3. The predicted molar refractivity (Wildman–Crippen MR) is 112 cm³/mol. The number of nitrogens with one attached hydrogen (secondary N) is 2. The first kappa shape index (κ1) is 23.1. The SMILES string of the molecule is C/C=C(\C=C/N(C)C=O)NC(=O)CN(C)Sc1cc(C)cc(C(=N)C=O)c1N. The Balaban J connectivity index is 2.80. The Morgan fingerprint density at radius 1 is 1.32 bits per heavy atom. The molecule has 4 N–H and O–H groups in total. The molecule has 0 aliphatic carbocycles. The van der Waals surface area contributed by atoms with E-state index in [1.807, 2.05) is 13.0 Å². The fourth-order valence-electron chi connectivity index (χ4n) is 2.17. The molecule has 0 radical (unpaired) electrons. The van der Waals surface area contributed by atoms with Crippen molar-refractivity contribution in [1.82, 2.24) is 14.5 Å². The van der Waals surface area contributed by atoms with Crippen molar-refractivity contribution in [1.29, 1.82) is 5.41 Å². The topological polar surface area (TPSA) is 120 Å². The standard InChI is InChI=1S/C19H25N5O3S/c1-5-14(6-7-23(3)12-26)22-18(27)10-24(4)28-17-9-13(2)8-15(19(17)21)16(20)11-25/h5-9,11-12,20H,10,21H2,1-4H3,(H,22,27)/b7-6-,14-5+,20-16?. The van der Waals surface area contributed by atoms with Crippen LogP contribution in [-0.2, 0) is 14.4 Å². The Labute approximate surface area is 169 Å². The van der Waals surface area contributed by atoms with Gasteiger partial charge in [-0.25, -0.2) is 4.31 Å². The van der Waals surface area contributed by atoms with Crippen molar-refractivity contribution in [2.75, 3.05) is 26.4 Å². The summed E-state index contributed by atoms with van der Waals surface area (Å²) in [5, 5.41) is 10.5. The molecule has 1 rings (SSSR count). The van der Waals surface area contributed by atoms with Gasteiger partial charge in [0.25, 0.3) is 0 Å². The van der Waals surface area contributed by atoms with E-state index in [0.29, 0.717) is 34.5 Å². The zero-order valence-electron chi connectivity index (χ0n) is 16.4. The monoisotopic (exact) mass is 403 g/mol. The van der Waals surface area contributed by atoms with E-state index in [2.05, 4.69) is 5.32 Å². The second-order valence-corrected chi connectivity index (χ2v) is 7.26. The summed E-state index contributed by atoms with van der Waals surface area (Å²) in [6.45, 7) is 3.70. The third-order valence-corrected chi connectivity index (χ3v) is 4.54. The first-order chi connectivity index (χ1) is 13.2. The van der Waals surface area contributed by atoms with Crippen LogP contribution in [0.15, 0.2) is 41.1 Å². The van der Waals surface area contributed by atoms with E-state index in [1.54, 1.807) is 43.5 Å². The van der Waals surface area contributed by atoms with Crippen molar-refractivity contribution < 1.29 is 14.4 Å². The van der Waals surface area contributed by atoms with E-state index in [9.17, 15) is 14.4 Å². The van der Waals surface area contributed by atoms with Crippen molar-refractivity contribution >= 4 is 42.0 Å². The average molecular weight is 404 g/mol. The van der Waals surface area contributed by atoms with Crippen molar-refractivity contribution in [3.05, 3.63) is 47.3 Å². The van der Waals surface area contributed by atoms with Crippen LogP contribution in [0.2, 0.25) is 0 Å². The molecule has 0 atom stereocenters. The van der Waals surface area contributed by atoms with Crippen LogP contribution in [0.25, 0.3) is 0 Å². The molecule has 1 aromatic rings. The lowest BCUT2D eigenvalue weighted by Crippen LogP contribution is -2.31. The van der Waals surface area contributed by atoms with Crippen LogP contribution in [0.5, 0.6) is 0 Å². The highest BCUT2D eigenvalue weighted by Gasteiger charge is 2.15. The molecule has 0 aromatic heterocycles. The van der Waals surface area contributed by atoms with E-state index in [1.165, 1.54) is 23.0 Å². The second-order valence-electron chi connectivity index (χ2n) is 6.01. The van der Waals surface area contributed by atoms with Crippen molar-refractivity contribution in [3.63, 3.8) is 0 Å². The summed E-state index contributed by atoms with van der Waals surface area (Å²) in [6, 6.07) is 3.52. The molecule has 0 bridgehead atoms. The maximum absolute atomic E-state index is 12.3. The summed E-state index contributed by atoms with van der Waals surface area (Å²) < 4.78 is 1.70. The quantitative estimate of drug-likeness (QED) is 0.180. The number of carbonyl (C=O) groups excluding carboxylic acids is 3. The van der Waals surface area contributed by atoms with Crippen LogP contribution >= 0.6 is 11.9 Å². The minimum atomic E-state index is -0.242. The van der Waals surface area contributed by atoms with Crippen LogP contribution in [-0.4, -0.2) is 54.2 Å². The number of amides is 2. The minimum Gasteiger partial charge on any atom is -0.397 e. The maximum Gasteiger partial charge on any atom is 0.239 e. The Morgan fingerprint density at radius 3 is 2.57 bits per heavy atom. The fourth-order valence-corrected chi connectivity index (χ4v) is 3.14. The Bertz CT molecular complexity index is 820. The molecule has 0 heterocycles. The second kappa shape index (κ2) is 11.1. The van der Waals surface area contributed by atoms with Gasteiger partial charge in [-0.1, -0.05) is 6.08 Å². The van der Waals surface area contributed by atoms with Gasteiger partial charge in [0.05, 0.1) is 12.2 Å². The molecule has 1 aromatic carbocycles. The number of likely N-dealkylation sites (N-methyl/N-ethyl adjacent to an activating group) is 1. The highest BCUT2D eigenvalue weighted by Crippen LogP contribution is 2.31. The number of allylic oxidation sites excluding steroid dienone is 2. The zero-order chi connectivity index (χ0) is 21.3. The van der Waals surface area contributed by atoms with Crippen LogP contribution < -0.4 is 11.1 Å². The molecule has 150 valence electrons. The summed E-state index contributed by atoms with van der Waals surface area (Å²) in [7, 11) is 3.33. The summed E-state index contributed by atoms with van der Waals surface area (Å²) in [5.41, 5.74) is 8.03. The molecule has 0 aliphatic heterocycles. The number of hydrogen-bond donors (Lipinski definition) is 3. The van der Waals surface area contributed by atoms with Gasteiger partial charge >= 0.3 is 0 Å². The number of anilines is 1. The maximum atomic E-state index is 12.3. The van der Waals surface area contributed by atoms with Crippen LogP contribution in [0.1, 0.15) is 18.1 Å². The number of nitrogens with zero attached hydrogens (tertiary/aromatic N) is 2. The lowest BCUT2D eigenvalue weighted by molar-refractivity contribution is -0.120. The smallest absolute Gasteiger partial charge is 0.239 e. The average Bonchev–Trinajstić information content (AvgIpc) is 2.66. The zero-order valence-corrected chi connectivity index (χ0v) is 17.2. The summed E-state index contributed by atoms with van der Waals surface area (Å²) in [6.07, 6.45) is 5.98. The predicted octanol–water partition coefficient (Wildman–Crippen LogP) is 1.70. The number of aldehydes is 1. The molecule has 28 heavy (non-hydrogen) atoms. The lowest BCUT2D eigenvalue weighted by Gasteiger charge is -2.18. The van der Waals surface area contributed by atoms with Gasteiger partial charge in [0.1, 0.15) is 5.71 Å². The molecule has 0 unspecified atom stereocenters. The Hall–Kier alpha value is -2.91. The number of nitrogens with two attached hydrogens (primary N) is 1. The third-order valence-electron chi connectivity index (χ3n) is 3.57. The largest absolute Gasteiger partial charge is 0.397 e. The Morgan fingerprint density at radius 2 is 2.00 bits per heavy atom. The van der Waals surface area contributed by atoms with E-state index in [0.717, 1.165) is 5.56 Å². The Kier molecular flexibility index (Phi) is 9.13. The van der Waals surface area contributed by atoms with Crippen LogP contribution in [0.3, 0.4) is 0 Å². The van der Waals surface area contributed by atoms with Gasteiger partial charge in [-0.05, 0) is 56.6 Å². The van der Waals surface area contributed by atoms with Crippen molar-refractivity contribution in [2.24, 2.45) is 0 Å². The van der Waals surface area contributed by atoms with Gasteiger partial charge in [0.15, 0.2) is 6.29 Å². The molecule has 0 saturated heterocycles. The first-order valence-corrected chi connectivity index (χ1v) is 9.14. The van der Waals surface area contributed by atoms with E-state index in [4.69, 9.17) is 11.1 Å². The number of nitrogen functional groups attached to an aromatic ring is 1. The molecule has 0 saturated carbocycles. The summed E-state index contributed by atoms with van der Waals surface area (Å²) in [4.78, 5) is 35.8. The van der Waals surface area contributed by atoms with Gasteiger partial charge in [-0.2, -0.15) is 0 Å². The first-order valence-electron chi connectivity index (χ1n) is 8.36. The van der Waals surface area contributed by atoms with Crippen molar-refractivity contribution in [3.8, 4) is 0 Å². The molecule has 0 aliphatic rings. The molecule has 9 heteroatoms. The van der Waals surface area contributed by atoms with Crippen LogP contribution in [0, 0.1) is 12.3 Å². The van der Waals surface area contributed by atoms with Crippen molar-refractivity contribution in [2.45, 2.75) is 18.7 Å². The van der Waals surface area contributed by atoms with E-state index in [-0.39, 0.29) is 18.2 Å². The molecule has 8 nitrogen and oxygen atoms in total. The minimum absolute atomic E-state index is 0.0766. The molecular weight excluding hydrogens is 378 g/mol. The third kappa shape index (κ3) is 7.01. The molecule has 2 amide bonds. The highest BCUT2D eigenvalue weighted by molar-refractivity contribution is 7.97. The van der Waals surface area contributed by atoms with E-state index < -0.39 is 0 Å². The number of benzene rings is 1. The highest BCUT2D eigenvalue weighted by atomic mass is 32.2. The van der Waals surface area contributed by atoms with Gasteiger partial charge in [0.2, 0.25) is 12.3 Å². The summed E-state index contributed by atoms with van der Waals surface area (Å²) in [5.74, 6) is -0.242. The number of rotatable bonds is 10. The molecule has 0 fully saturated rings. The van der Waals surface area contributed by atoms with E-state index >= 15 is 0 Å². The van der Waals surface area contributed by atoms with Gasteiger partial charge < -0.3 is 16.0 Å².